The molecule has 2 amide bonds. The number of hydrogen-bond acceptors (Lipinski definition) is 6. The predicted molar refractivity (Wildman–Crippen MR) is 115 cm³/mol. The monoisotopic (exact) mass is 411 g/mol. The smallest absolute Gasteiger partial charge is 0.323 e. The Morgan fingerprint density at radius 2 is 1.93 bits per heavy atom. The average Bonchev–Trinajstić information content (AvgIpc) is 3.31. The van der Waals surface area contributed by atoms with Crippen LogP contribution in [0.2, 0.25) is 0 Å². The topological polar surface area (TPSA) is 79.8 Å². The van der Waals surface area contributed by atoms with Crippen molar-refractivity contribution in [3.05, 3.63) is 36.7 Å². The minimum atomic E-state index is -0.105. The number of amides is 2. The summed E-state index contributed by atoms with van der Waals surface area (Å²) in [6.07, 6.45) is 7.44. The van der Waals surface area contributed by atoms with Gasteiger partial charge in [0.05, 0.1) is 25.5 Å². The van der Waals surface area contributed by atoms with Crippen LogP contribution in [0.3, 0.4) is 0 Å². The van der Waals surface area contributed by atoms with Crippen LogP contribution in [0, 0.1) is 0 Å². The van der Waals surface area contributed by atoms with Gasteiger partial charge in [0.2, 0.25) is 0 Å². The van der Waals surface area contributed by atoms with Gasteiger partial charge < -0.3 is 19.3 Å². The fourth-order valence-corrected chi connectivity index (χ4v) is 3.92. The second-order valence-electron chi connectivity index (χ2n) is 7.59. The van der Waals surface area contributed by atoms with Crippen LogP contribution in [0.4, 0.5) is 16.4 Å². The normalized spacial score (nSPS) is 18.9. The van der Waals surface area contributed by atoms with E-state index >= 15 is 0 Å². The zero-order valence-corrected chi connectivity index (χ0v) is 17.4. The number of ether oxygens (including phenoxy) is 2. The molecular weight excluding hydrogens is 382 g/mol. The van der Waals surface area contributed by atoms with E-state index < -0.39 is 0 Å². The lowest BCUT2D eigenvalue weighted by Gasteiger charge is -2.33. The molecule has 1 atom stereocenters. The van der Waals surface area contributed by atoms with Crippen LogP contribution >= 0.6 is 0 Å². The van der Waals surface area contributed by atoms with Gasteiger partial charge in [-0.2, -0.15) is 0 Å². The molecular formula is C22H29N5O3. The molecule has 0 radical (unpaired) electrons. The van der Waals surface area contributed by atoms with Gasteiger partial charge in [-0.3, -0.25) is 10.3 Å². The maximum atomic E-state index is 12.3. The van der Waals surface area contributed by atoms with Crippen LogP contribution in [0.25, 0.3) is 0 Å². The van der Waals surface area contributed by atoms with E-state index in [4.69, 9.17) is 9.47 Å². The summed E-state index contributed by atoms with van der Waals surface area (Å²) in [7, 11) is 0. The summed E-state index contributed by atoms with van der Waals surface area (Å²) in [6, 6.07) is 7.67. The van der Waals surface area contributed by atoms with E-state index in [-0.39, 0.29) is 12.1 Å². The highest BCUT2D eigenvalue weighted by Crippen LogP contribution is 2.30. The molecule has 0 aliphatic carbocycles. The number of benzene rings is 1. The van der Waals surface area contributed by atoms with Crippen molar-refractivity contribution in [2.75, 3.05) is 43.0 Å². The number of piperidine rings is 1. The third-order valence-corrected chi connectivity index (χ3v) is 5.39. The molecule has 2 aliphatic heterocycles. The predicted octanol–water partition coefficient (Wildman–Crippen LogP) is 3.55. The Morgan fingerprint density at radius 1 is 1.13 bits per heavy atom. The molecule has 3 heterocycles. The van der Waals surface area contributed by atoms with Gasteiger partial charge in [0.25, 0.3) is 0 Å². The lowest BCUT2D eigenvalue weighted by Crippen LogP contribution is -2.41. The first-order valence-corrected chi connectivity index (χ1v) is 10.7. The fourth-order valence-electron chi connectivity index (χ4n) is 3.92. The summed E-state index contributed by atoms with van der Waals surface area (Å²) in [5.41, 5.74) is 0. The van der Waals surface area contributed by atoms with Gasteiger partial charge in [-0.1, -0.05) is 12.1 Å². The van der Waals surface area contributed by atoms with Crippen molar-refractivity contribution in [1.29, 1.82) is 0 Å². The number of para-hydroxylation sites is 2. The van der Waals surface area contributed by atoms with Gasteiger partial charge in [0.1, 0.15) is 11.9 Å². The molecule has 2 saturated heterocycles. The van der Waals surface area contributed by atoms with Crippen molar-refractivity contribution in [3.8, 4) is 11.5 Å². The van der Waals surface area contributed by atoms with Crippen LogP contribution in [-0.2, 0) is 0 Å². The molecule has 8 heteroatoms. The Hall–Kier alpha value is -3.03. The molecule has 8 nitrogen and oxygen atoms in total. The highest BCUT2D eigenvalue weighted by molar-refractivity contribution is 5.88. The SMILES string of the molecule is CCOc1ccccc1OC1CCCN(c2cncc(NC(=O)N3CCCC3)n2)C1. The quantitative estimate of drug-likeness (QED) is 0.783. The van der Waals surface area contributed by atoms with Crippen LogP contribution in [0.15, 0.2) is 36.7 Å². The van der Waals surface area contributed by atoms with Gasteiger partial charge in [-0.25, -0.2) is 9.78 Å². The molecule has 30 heavy (non-hydrogen) atoms. The summed E-state index contributed by atoms with van der Waals surface area (Å²) in [5.74, 6) is 2.77. The first kappa shape index (κ1) is 20.3. The highest BCUT2D eigenvalue weighted by atomic mass is 16.5. The van der Waals surface area contributed by atoms with Crippen molar-refractivity contribution < 1.29 is 14.3 Å². The molecule has 1 aromatic carbocycles. The minimum absolute atomic E-state index is 0.0324. The largest absolute Gasteiger partial charge is 0.490 e. The van der Waals surface area contributed by atoms with Crippen molar-refractivity contribution in [2.24, 2.45) is 0 Å². The van der Waals surface area contributed by atoms with Gasteiger partial charge in [-0.05, 0) is 44.7 Å². The van der Waals surface area contributed by atoms with E-state index in [0.29, 0.717) is 19.0 Å². The number of hydrogen-bond donors (Lipinski definition) is 1. The number of carbonyl (C=O) groups excluding carboxylic acids is 1. The van der Waals surface area contributed by atoms with E-state index in [0.717, 1.165) is 62.6 Å². The average molecular weight is 412 g/mol. The first-order chi connectivity index (χ1) is 14.7. The Kier molecular flexibility index (Phi) is 6.51. The van der Waals surface area contributed by atoms with Crippen molar-refractivity contribution in [2.45, 2.75) is 38.7 Å². The van der Waals surface area contributed by atoms with Crippen LogP contribution in [0.5, 0.6) is 11.5 Å². The molecule has 1 aromatic heterocycles. The number of anilines is 2. The second-order valence-corrected chi connectivity index (χ2v) is 7.59. The third kappa shape index (κ3) is 4.93. The third-order valence-electron chi connectivity index (χ3n) is 5.39. The molecule has 0 saturated carbocycles. The maximum Gasteiger partial charge on any atom is 0.323 e. The summed E-state index contributed by atoms with van der Waals surface area (Å²) in [5, 5.41) is 2.87. The van der Waals surface area contributed by atoms with Crippen LogP contribution in [0.1, 0.15) is 32.6 Å². The van der Waals surface area contributed by atoms with Crippen LogP contribution in [-0.4, -0.2) is 59.8 Å². The van der Waals surface area contributed by atoms with Crippen LogP contribution < -0.4 is 19.7 Å². The Balaban J connectivity index is 1.40. The molecule has 0 bridgehead atoms. The van der Waals surface area contributed by atoms with E-state index in [1.54, 1.807) is 12.4 Å². The molecule has 1 unspecified atom stereocenters. The van der Waals surface area contributed by atoms with Gasteiger partial charge in [0, 0.05) is 19.6 Å². The molecule has 0 spiro atoms. The van der Waals surface area contributed by atoms with Crippen molar-refractivity contribution in [1.82, 2.24) is 14.9 Å². The summed E-state index contributed by atoms with van der Waals surface area (Å²) >= 11 is 0. The lowest BCUT2D eigenvalue weighted by molar-refractivity contribution is 0.170. The fraction of sp³-hybridized carbons (Fsp3) is 0.500. The van der Waals surface area contributed by atoms with E-state index in [1.165, 1.54) is 0 Å². The Bertz CT molecular complexity index is 856. The molecule has 4 rings (SSSR count). The number of urea groups is 1. The number of nitrogens with one attached hydrogen (secondary N) is 1. The minimum Gasteiger partial charge on any atom is -0.490 e. The molecule has 2 aromatic rings. The summed E-state index contributed by atoms with van der Waals surface area (Å²) in [4.78, 5) is 25.2. The van der Waals surface area contributed by atoms with E-state index in [2.05, 4.69) is 20.2 Å². The van der Waals surface area contributed by atoms with Gasteiger partial charge in [0.15, 0.2) is 17.3 Å². The maximum absolute atomic E-state index is 12.3. The zero-order valence-electron chi connectivity index (χ0n) is 17.4. The summed E-state index contributed by atoms with van der Waals surface area (Å²) < 4.78 is 11.9. The Labute approximate surface area is 177 Å². The molecule has 1 N–H and O–H groups in total. The summed E-state index contributed by atoms with van der Waals surface area (Å²) in [6.45, 7) is 5.75. The Morgan fingerprint density at radius 3 is 2.73 bits per heavy atom. The highest BCUT2D eigenvalue weighted by Gasteiger charge is 2.24. The number of nitrogens with zero attached hydrogens (tertiary/aromatic N) is 4. The van der Waals surface area contributed by atoms with Gasteiger partial charge in [-0.15, -0.1) is 0 Å². The number of aromatic nitrogens is 2. The van der Waals surface area contributed by atoms with Crippen molar-refractivity contribution >= 4 is 17.7 Å². The number of carbonyl (C=O) groups is 1. The molecule has 160 valence electrons. The van der Waals surface area contributed by atoms with Gasteiger partial charge >= 0.3 is 6.03 Å². The first-order valence-electron chi connectivity index (χ1n) is 10.7. The standard InChI is InChI=1S/C22H29N5O3/c1-2-29-18-9-3-4-10-19(18)30-17-8-7-13-27(16-17)21-15-23-14-20(24-21)25-22(28)26-11-5-6-12-26/h3-4,9-10,14-15,17H,2,5-8,11-13,16H2,1H3,(H,24,25,28). The zero-order chi connectivity index (χ0) is 20.8. The van der Waals surface area contributed by atoms with E-state index in [9.17, 15) is 4.79 Å². The van der Waals surface area contributed by atoms with Crippen molar-refractivity contribution in [3.63, 3.8) is 0 Å². The number of rotatable bonds is 6. The molecule has 2 fully saturated rings. The number of likely N-dealkylation sites (tertiary alicyclic amines) is 1. The lowest BCUT2D eigenvalue weighted by atomic mass is 10.1. The molecule has 2 aliphatic rings. The van der Waals surface area contributed by atoms with E-state index in [1.807, 2.05) is 36.1 Å². The second kappa shape index (κ2) is 9.65.